The van der Waals surface area contributed by atoms with Gasteiger partial charge in [-0.3, -0.25) is 38.4 Å². The molecule has 264 valence electrons. The van der Waals surface area contributed by atoms with Crippen LogP contribution in [0.4, 0.5) is 0 Å². The molecule has 2 aromatic rings. The number of thiazole rings is 1. The number of carboxylic acid groups (broad SMARTS) is 1. The highest BCUT2D eigenvalue weighted by Gasteiger charge is 2.18. The fourth-order valence-electron chi connectivity index (χ4n) is 3.26. The van der Waals surface area contributed by atoms with E-state index in [2.05, 4.69) is 41.9 Å². The number of rotatable bonds is 17. The fourth-order valence-corrected chi connectivity index (χ4v) is 4.01. The van der Waals surface area contributed by atoms with Crippen molar-refractivity contribution in [3.63, 3.8) is 0 Å². The molecule has 3 unspecified atom stereocenters. The Kier molecular flexibility index (Phi) is 17.4. The van der Waals surface area contributed by atoms with Crippen LogP contribution in [0, 0.1) is 6.92 Å². The van der Waals surface area contributed by atoms with Gasteiger partial charge in [-0.25, -0.2) is 9.97 Å². The lowest BCUT2D eigenvalue weighted by Gasteiger charge is -2.13. The molecule has 0 aliphatic carbocycles. The van der Waals surface area contributed by atoms with Gasteiger partial charge in [0, 0.05) is 38.7 Å². The minimum atomic E-state index is -1.19. The monoisotopic (exact) mass is 696 g/mol. The number of aryl methyl sites for hydroxylation is 1. The molecular weight excluding hydrogens is 656 g/mol. The number of aliphatic carboxylic acids is 1. The maximum absolute atomic E-state index is 12.0. The number of carbonyl (C=O) groups is 8. The van der Waals surface area contributed by atoms with Crippen LogP contribution >= 0.6 is 11.3 Å². The van der Waals surface area contributed by atoms with E-state index < -0.39 is 60.2 Å². The second-order valence-corrected chi connectivity index (χ2v) is 10.8. The number of hydrogen-bond acceptors (Lipinski definition) is 13. The largest absolute Gasteiger partial charge is 0.480 e. The Morgan fingerprint density at radius 3 is 2.12 bits per heavy atom. The molecule has 0 aliphatic rings. The van der Waals surface area contributed by atoms with Crippen molar-refractivity contribution in [3.8, 4) is 10.7 Å². The van der Waals surface area contributed by atoms with Gasteiger partial charge in [-0.15, -0.1) is 11.3 Å². The molecule has 48 heavy (non-hydrogen) atoms. The third-order valence-electron chi connectivity index (χ3n) is 5.89. The molecule has 0 aromatic carbocycles. The molecule has 21 heteroatoms. The van der Waals surface area contributed by atoms with Gasteiger partial charge >= 0.3 is 5.97 Å². The Hall–Kier alpha value is -5.44. The van der Waals surface area contributed by atoms with E-state index >= 15 is 0 Å². The SMILES string of the molecule is CNC(=O)C(C)NC(=O)CCNC(=O)C(N)CCC(N)=O.Cc1nc(-c2nc(C(=O)NCC(=O)NCC(=O)NC(C)C(=O)O)cs2)co1. The standard InChI is InChI=1S/C15H17N5O6S.C12H23N5O4/c1-7(15(24)25)18-12(22)4-16-11(21)3-17-13(23)10-6-27-14(20-10)9-5-26-8(2)19-9;1-7(11(20)15-2)17-10(19)5-6-16-12(21)8(13)3-4-9(14)18/h5-7H,3-4H2,1-2H3,(H,16,21)(H,17,23)(H,18,22)(H,24,25);7-8H,3-6,13H2,1-2H3,(H2,14,18)(H,15,20)(H,16,21)(H,17,19). The van der Waals surface area contributed by atoms with Crippen LogP contribution in [0.5, 0.6) is 0 Å². The summed E-state index contributed by atoms with van der Waals surface area (Å²) >= 11 is 1.20. The van der Waals surface area contributed by atoms with E-state index in [0.717, 1.165) is 0 Å². The minimum absolute atomic E-state index is 0.0234. The summed E-state index contributed by atoms with van der Waals surface area (Å²) in [7, 11) is 1.47. The summed E-state index contributed by atoms with van der Waals surface area (Å²) in [5.74, 6) is -4.19. The zero-order valence-electron chi connectivity index (χ0n) is 26.7. The van der Waals surface area contributed by atoms with Crippen molar-refractivity contribution < 1.29 is 47.9 Å². The first-order valence-corrected chi connectivity index (χ1v) is 15.2. The molecule has 11 N–H and O–H groups in total. The summed E-state index contributed by atoms with van der Waals surface area (Å²) in [5, 5.41) is 24.9. The Bertz CT molecular complexity index is 1460. The first-order chi connectivity index (χ1) is 22.5. The second-order valence-electron chi connectivity index (χ2n) is 9.93. The number of aromatic nitrogens is 2. The molecule has 0 saturated heterocycles. The molecule has 0 fully saturated rings. The number of nitrogens with two attached hydrogens (primary N) is 2. The predicted octanol–water partition coefficient (Wildman–Crippen LogP) is -3.12. The fraction of sp³-hybridized carbons (Fsp3) is 0.481. The van der Waals surface area contributed by atoms with Crippen LogP contribution in [-0.4, -0.2) is 107 Å². The lowest BCUT2D eigenvalue weighted by Crippen LogP contribution is -2.45. The molecule has 2 rings (SSSR count). The van der Waals surface area contributed by atoms with E-state index in [1.165, 1.54) is 37.0 Å². The Morgan fingerprint density at radius 2 is 1.54 bits per heavy atom. The van der Waals surface area contributed by atoms with Crippen LogP contribution in [0.25, 0.3) is 10.7 Å². The highest BCUT2D eigenvalue weighted by Crippen LogP contribution is 2.22. The third kappa shape index (κ3) is 15.7. The summed E-state index contributed by atoms with van der Waals surface area (Å²) in [5.41, 5.74) is 11.1. The average Bonchev–Trinajstić information content (AvgIpc) is 3.70. The highest BCUT2D eigenvalue weighted by molar-refractivity contribution is 7.13. The Morgan fingerprint density at radius 1 is 0.896 bits per heavy atom. The summed E-state index contributed by atoms with van der Waals surface area (Å²) in [6, 6.07) is -2.55. The van der Waals surface area contributed by atoms with Crippen LogP contribution in [0.1, 0.15) is 49.5 Å². The van der Waals surface area contributed by atoms with Crippen molar-refractivity contribution in [1.82, 2.24) is 41.9 Å². The number of primary amides is 1. The molecule has 0 radical (unpaired) electrons. The zero-order valence-corrected chi connectivity index (χ0v) is 27.5. The van der Waals surface area contributed by atoms with Gasteiger partial charge in [0.25, 0.3) is 5.91 Å². The maximum Gasteiger partial charge on any atom is 0.325 e. The number of likely N-dealkylation sites (N-methyl/N-ethyl adjacent to an activating group) is 1. The second kappa shape index (κ2) is 20.6. The Balaban J connectivity index is 0.000000498. The van der Waals surface area contributed by atoms with Gasteiger partial charge in [-0.2, -0.15) is 0 Å². The van der Waals surface area contributed by atoms with Crippen LogP contribution in [0.3, 0.4) is 0 Å². The lowest BCUT2D eigenvalue weighted by molar-refractivity contribution is -0.141. The number of nitrogens with zero attached hydrogens (tertiary/aromatic N) is 2. The van der Waals surface area contributed by atoms with Gasteiger partial charge < -0.3 is 52.9 Å². The van der Waals surface area contributed by atoms with E-state index in [0.29, 0.717) is 16.6 Å². The van der Waals surface area contributed by atoms with E-state index in [9.17, 15) is 38.4 Å². The number of carboxylic acids is 1. The number of oxazole rings is 1. The summed E-state index contributed by atoms with van der Waals surface area (Å²) in [6.07, 6.45) is 1.63. The number of amides is 7. The average molecular weight is 697 g/mol. The van der Waals surface area contributed by atoms with Gasteiger partial charge in [-0.1, -0.05) is 0 Å². The zero-order chi connectivity index (χ0) is 36.4. The molecule has 3 atom stereocenters. The van der Waals surface area contributed by atoms with E-state index in [1.54, 1.807) is 13.8 Å². The first kappa shape index (κ1) is 40.6. The van der Waals surface area contributed by atoms with Crippen molar-refractivity contribution in [2.24, 2.45) is 11.5 Å². The van der Waals surface area contributed by atoms with Crippen molar-refractivity contribution in [2.75, 3.05) is 26.7 Å². The maximum atomic E-state index is 12.0. The summed E-state index contributed by atoms with van der Waals surface area (Å²) < 4.78 is 5.09. The number of nitrogens with one attached hydrogen (secondary N) is 6. The molecule has 20 nitrogen and oxygen atoms in total. The van der Waals surface area contributed by atoms with Crippen molar-refractivity contribution >= 4 is 58.7 Å². The van der Waals surface area contributed by atoms with Crippen molar-refractivity contribution in [1.29, 1.82) is 0 Å². The molecule has 0 bridgehead atoms. The smallest absolute Gasteiger partial charge is 0.325 e. The third-order valence-corrected chi connectivity index (χ3v) is 6.75. The van der Waals surface area contributed by atoms with Crippen LogP contribution in [0.15, 0.2) is 16.1 Å². The topological polar surface area (TPSA) is 320 Å². The predicted molar refractivity (Wildman–Crippen MR) is 169 cm³/mol. The number of carbonyl (C=O) groups excluding carboxylic acids is 7. The number of hydrogen-bond donors (Lipinski definition) is 9. The highest BCUT2D eigenvalue weighted by atomic mass is 32.1. The minimum Gasteiger partial charge on any atom is -0.480 e. The molecular formula is C27H40N10O10S. The molecule has 0 aliphatic heterocycles. The summed E-state index contributed by atoms with van der Waals surface area (Å²) in [6.45, 7) is 3.86. The molecule has 0 saturated carbocycles. The summed E-state index contributed by atoms with van der Waals surface area (Å²) in [4.78, 5) is 98.8. The molecule has 2 aromatic heterocycles. The van der Waals surface area contributed by atoms with Gasteiger partial charge in [-0.05, 0) is 20.3 Å². The lowest BCUT2D eigenvalue weighted by atomic mass is 10.1. The van der Waals surface area contributed by atoms with Crippen LogP contribution in [-0.2, 0) is 33.6 Å². The molecule has 0 spiro atoms. The first-order valence-electron chi connectivity index (χ1n) is 14.3. The molecule has 7 amide bonds. The molecule has 2 heterocycles. The van der Waals surface area contributed by atoms with Crippen molar-refractivity contribution in [2.45, 2.75) is 58.2 Å². The van der Waals surface area contributed by atoms with Gasteiger partial charge in [0.2, 0.25) is 35.4 Å². The Labute approximate surface area is 278 Å². The van der Waals surface area contributed by atoms with Crippen molar-refractivity contribution in [3.05, 3.63) is 23.2 Å². The van der Waals surface area contributed by atoms with Crippen LogP contribution < -0.4 is 43.4 Å². The normalized spacial score (nSPS) is 12.1. The van der Waals surface area contributed by atoms with Gasteiger partial charge in [0.05, 0.1) is 19.1 Å². The van der Waals surface area contributed by atoms with E-state index in [-0.39, 0.29) is 49.9 Å². The van der Waals surface area contributed by atoms with E-state index in [1.807, 2.05) is 0 Å². The van der Waals surface area contributed by atoms with Gasteiger partial charge in [0.1, 0.15) is 34.7 Å². The quantitative estimate of drug-likeness (QED) is 0.0791. The van der Waals surface area contributed by atoms with Gasteiger partial charge in [0.15, 0.2) is 5.89 Å². The van der Waals surface area contributed by atoms with E-state index in [4.69, 9.17) is 21.0 Å². The van der Waals surface area contributed by atoms with Crippen LogP contribution in [0.2, 0.25) is 0 Å².